The van der Waals surface area contributed by atoms with Crippen LogP contribution in [0.25, 0.3) is 0 Å². The predicted molar refractivity (Wildman–Crippen MR) is 81.8 cm³/mol. The quantitative estimate of drug-likeness (QED) is 0.690. The molecule has 1 aliphatic carbocycles. The summed E-state index contributed by atoms with van der Waals surface area (Å²) in [6.45, 7) is 4.48. The molecule has 8 heteroatoms. The van der Waals surface area contributed by atoms with E-state index in [4.69, 9.17) is 9.63 Å². The van der Waals surface area contributed by atoms with Gasteiger partial charge >= 0.3 is 5.97 Å². The van der Waals surface area contributed by atoms with Crippen molar-refractivity contribution in [2.45, 2.75) is 58.0 Å². The van der Waals surface area contributed by atoms with E-state index in [0.29, 0.717) is 37.5 Å². The minimum absolute atomic E-state index is 0.0194. The zero-order valence-corrected chi connectivity index (χ0v) is 13.6. The molecule has 0 radical (unpaired) electrons. The van der Waals surface area contributed by atoms with Gasteiger partial charge in [-0.15, -0.1) is 0 Å². The van der Waals surface area contributed by atoms with Crippen LogP contribution in [0.3, 0.4) is 0 Å². The molecule has 1 aliphatic rings. The monoisotopic (exact) mass is 324 g/mol. The summed E-state index contributed by atoms with van der Waals surface area (Å²) in [5.74, 6) is 0.375. The lowest BCUT2D eigenvalue weighted by Crippen LogP contribution is -2.54. The van der Waals surface area contributed by atoms with Gasteiger partial charge in [-0.05, 0) is 32.7 Å². The summed E-state index contributed by atoms with van der Waals surface area (Å²) in [5.41, 5.74) is 0. The van der Waals surface area contributed by atoms with Crippen LogP contribution in [0.5, 0.6) is 0 Å². The Morgan fingerprint density at radius 3 is 2.74 bits per heavy atom. The molecular formula is C15H24N4O4. The topological polar surface area (TPSA) is 109 Å². The van der Waals surface area contributed by atoms with Gasteiger partial charge in [0.1, 0.15) is 0 Å². The molecule has 0 atom stereocenters. The summed E-state index contributed by atoms with van der Waals surface area (Å²) in [5, 5.41) is 15.6. The van der Waals surface area contributed by atoms with E-state index >= 15 is 0 Å². The van der Waals surface area contributed by atoms with Gasteiger partial charge in [-0.25, -0.2) is 0 Å². The van der Waals surface area contributed by atoms with Gasteiger partial charge in [0.25, 0.3) is 0 Å². The van der Waals surface area contributed by atoms with Crippen LogP contribution in [0, 0.1) is 6.92 Å². The van der Waals surface area contributed by atoms with Crippen LogP contribution in [-0.2, 0) is 16.0 Å². The molecule has 1 heterocycles. The van der Waals surface area contributed by atoms with Crippen molar-refractivity contribution < 1.29 is 19.2 Å². The summed E-state index contributed by atoms with van der Waals surface area (Å²) in [4.78, 5) is 28.7. The fourth-order valence-corrected chi connectivity index (χ4v) is 2.82. The van der Waals surface area contributed by atoms with Crippen LogP contribution in [0.1, 0.15) is 44.3 Å². The highest BCUT2D eigenvalue weighted by atomic mass is 16.5. The number of likely N-dealkylation sites (N-methyl/N-ethyl adjacent to an activating group) is 1. The number of aryl methyl sites for hydroxylation is 2. The molecule has 0 spiro atoms. The van der Waals surface area contributed by atoms with Crippen LogP contribution in [-0.4, -0.2) is 57.2 Å². The predicted octanol–water partition coefficient (Wildman–Crippen LogP) is 0.754. The summed E-state index contributed by atoms with van der Waals surface area (Å²) in [6, 6.07) is 0.406. The zero-order valence-electron chi connectivity index (χ0n) is 13.6. The van der Waals surface area contributed by atoms with Crippen LogP contribution in [0.2, 0.25) is 0 Å². The lowest BCUT2D eigenvalue weighted by molar-refractivity contribution is -0.139. The number of carbonyl (C=O) groups excluding carboxylic acids is 1. The molecule has 1 amide bonds. The van der Waals surface area contributed by atoms with Crippen molar-refractivity contribution >= 4 is 11.9 Å². The van der Waals surface area contributed by atoms with Crippen molar-refractivity contribution in [3.05, 3.63) is 11.7 Å². The van der Waals surface area contributed by atoms with E-state index in [2.05, 4.69) is 15.5 Å². The minimum Gasteiger partial charge on any atom is -0.480 e. The summed E-state index contributed by atoms with van der Waals surface area (Å²) >= 11 is 0. The largest absolute Gasteiger partial charge is 0.480 e. The molecule has 0 aliphatic heterocycles. The second-order valence-electron chi connectivity index (χ2n) is 5.94. The van der Waals surface area contributed by atoms with Crippen LogP contribution >= 0.6 is 0 Å². The van der Waals surface area contributed by atoms with Gasteiger partial charge in [0.05, 0.1) is 6.54 Å². The van der Waals surface area contributed by atoms with Crippen molar-refractivity contribution in [1.29, 1.82) is 0 Å². The standard InChI is InChI=1S/C15H24N4O4/c1-3-19(9-15(21)22)12-7-11(8-12)17-13(20)5-4-6-14-16-10(2)18-23-14/h11-12H,3-9H2,1-2H3,(H,17,20)(H,21,22). The molecule has 0 bridgehead atoms. The second-order valence-corrected chi connectivity index (χ2v) is 5.94. The fourth-order valence-electron chi connectivity index (χ4n) is 2.82. The highest BCUT2D eigenvalue weighted by Crippen LogP contribution is 2.25. The smallest absolute Gasteiger partial charge is 0.317 e. The molecule has 1 aromatic rings. The molecule has 0 aromatic carbocycles. The van der Waals surface area contributed by atoms with Gasteiger partial charge in [0.15, 0.2) is 5.82 Å². The van der Waals surface area contributed by atoms with Crippen LogP contribution < -0.4 is 5.32 Å². The highest BCUT2D eigenvalue weighted by molar-refractivity contribution is 5.76. The number of nitrogens with zero attached hydrogens (tertiary/aromatic N) is 3. The average molecular weight is 324 g/mol. The number of aromatic nitrogens is 2. The Morgan fingerprint density at radius 1 is 1.43 bits per heavy atom. The maximum Gasteiger partial charge on any atom is 0.317 e. The summed E-state index contributed by atoms with van der Waals surface area (Å²) in [7, 11) is 0. The Morgan fingerprint density at radius 2 is 2.17 bits per heavy atom. The summed E-state index contributed by atoms with van der Waals surface area (Å²) in [6.07, 6.45) is 3.33. The Hall–Kier alpha value is -1.96. The highest BCUT2D eigenvalue weighted by Gasteiger charge is 2.34. The summed E-state index contributed by atoms with van der Waals surface area (Å²) < 4.78 is 5.00. The number of carboxylic acid groups (broad SMARTS) is 1. The number of hydrogen-bond donors (Lipinski definition) is 2. The molecule has 1 saturated carbocycles. The zero-order chi connectivity index (χ0) is 16.8. The van der Waals surface area contributed by atoms with E-state index in [1.54, 1.807) is 6.92 Å². The van der Waals surface area contributed by atoms with Crippen molar-refractivity contribution in [2.75, 3.05) is 13.1 Å². The lowest BCUT2D eigenvalue weighted by atomic mass is 9.85. The van der Waals surface area contributed by atoms with Gasteiger partial charge in [0.2, 0.25) is 11.8 Å². The SMILES string of the molecule is CCN(CC(=O)O)C1CC(NC(=O)CCCc2nc(C)no2)C1. The van der Waals surface area contributed by atoms with E-state index in [1.807, 2.05) is 11.8 Å². The third-order valence-corrected chi connectivity index (χ3v) is 4.10. The maximum atomic E-state index is 11.9. The van der Waals surface area contributed by atoms with Gasteiger partial charge in [-0.2, -0.15) is 4.98 Å². The first-order valence-corrected chi connectivity index (χ1v) is 8.02. The van der Waals surface area contributed by atoms with Crippen molar-refractivity contribution in [1.82, 2.24) is 20.4 Å². The molecule has 0 saturated heterocycles. The Labute approximate surface area is 135 Å². The van der Waals surface area contributed by atoms with E-state index < -0.39 is 5.97 Å². The maximum absolute atomic E-state index is 11.9. The average Bonchev–Trinajstić information content (AvgIpc) is 2.85. The first-order chi connectivity index (χ1) is 11.0. The van der Waals surface area contributed by atoms with Gasteiger partial charge in [0, 0.05) is 24.9 Å². The van der Waals surface area contributed by atoms with Gasteiger partial charge in [-0.3, -0.25) is 14.5 Å². The number of aliphatic carboxylic acids is 1. The number of hydrogen-bond acceptors (Lipinski definition) is 6. The normalized spacial score (nSPS) is 20.3. The van der Waals surface area contributed by atoms with Crippen LogP contribution in [0.4, 0.5) is 0 Å². The van der Waals surface area contributed by atoms with Crippen molar-refractivity contribution in [3.8, 4) is 0 Å². The second kappa shape index (κ2) is 8.05. The first-order valence-electron chi connectivity index (χ1n) is 8.02. The molecule has 1 aromatic heterocycles. The Balaban J connectivity index is 1.61. The Bertz CT molecular complexity index is 539. The molecule has 128 valence electrons. The third-order valence-electron chi connectivity index (χ3n) is 4.10. The van der Waals surface area contributed by atoms with Gasteiger partial charge in [-0.1, -0.05) is 12.1 Å². The van der Waals surface area contributed by atoms with E-state index in [0.717, 1.165) is 12.8 Å². The fraction of sp³-hybridized carbons (Fsp3) is 0.733. The minimum atomic E-state index is -0.810. The molecular weight excluding hydrogens is 300 g/mol. The molecule has 2 N–H and O–H groups in total. The molecule has 23 heavy (non-hydrogen) atoms. The molecule has 8 nitrogen and oxygen atoms in total. The molecule has 2 rings (SSSR count). The Kier molecular flexibility index (Phi) is 6.09. The van der Waals surface area contributed by atoms with E-state index in [9.17, 15) is 9.59 Å². The van der Waals surface area contributed by atoms with Crippen molar-refractivity contribution in [2.24, 2.45) is 0 Å². The lowest BCUT2D eigenvalue weighted by Gasteiger charge is -2.42. The number of amides is 1. The number of rotatable bonds is 9. The third kappa shape index (κ3) is 5.31. The molecule has 0 unspecified atom stereocenters. The van der Waals surface area contributed by atoms with E-state index in [1.165, 1.54) is 0 Å². The molecule has 1 fully saturated rings. The number of carbonyl (C=O) groups is 2. The van der Waals surface area contributed by atoms with Crippen molar-refractivity contribution in [3.63, 3.8) is 0 Å². The number of carboxylic acids is 1. The number of nitrogens with one attached hydrogen (secondary N) is 1. The van der Waals surface area contributed by atoms with Crippen LogP contribution in [0.15, 0.2) is 4.52 Å². The first kappa shape index (κ1) is 17.4. The van der Waals surface area contributed by atoms with E-state index in [-0.39, 0.29) is 24.5 Å². The van der Waals surface area contributed by atoms with Gasteiger partial charge < -0.3 is 14.9 Å².